The first-order chi connectivity index (χ1) is 26.4. The molecule has 0 saturated carbocycles. The highest BCUT2D eigenvalue weighted by atomic mass is 35.5. The van der Waals surface area contributed by atoms with Crippen LogP contribution in [0.3, 0.4) is 0 Å². The summed E-state index contributed by atoms with van der Waals surface area (Å²) >= 11 is 6.52. The van der Waals surface area contributed by atoms with E-state index in [0.717, 1.165) is 21.5 Å². The van der Waals surface area contributed by atoms with E-state index < -0.39 is 38.8 Å². The minimum Gasteiger partial charge on any atom is -0.508 e. The third kappa shape index (κ3) is 8.13. The number of pyridine rings is 1. The van der Waals surface area contributed by atoms with E-state index >= 15 is 0 Å². The first-order valence-electron chi connectivity index (χ1n) is 19.1. The van der Waals surface area contributed by atoms with E-state index in [4.69, 9.17) is 16.0 Å². The lowest BCUT2D eigenvalue weighted by Crippen LogP contribution is -2.66. The number of halogens is 1. The van der Waals surface area contributed by atoms with Gasteiger partial charge >= 0.3 is 0 Å². The summed E-state index contributed by atoms with van der Waals surface area (Å²) in [5.41, 5.74) is 3.54. The number of benzene rings is 3. The summed E-state index contributed by atoms with van der Waals surface area (Å²) in [6.45, 7) is 8.56. The Morgan fingerprint density at radius 3 is 2.20 bits per heavy atom. The summed E-state index contributed by atoms with van der Waals surface area (Å²) in [4.78, 5) is 33.7. The number of rotatable bonds is 14. The predicted molar refractivity (Wildman–Crippen MR) is 220 cm³/mol. The molecule has 3 N–H and O–H groups in total. The van der Waals surface area contributed by atoms with Gasteiger partial charge in [0.1, 0.15) is 5.75 Å². The Hall–Kier alpha value is -4.38. The lowest BCUT2D eigenvalue weighted by molar-refractivity contribution is -0.140. The molecular weight excluding hydrogens is 728 g/mol. The van der Waals surface area contributed by atoms with Crippen LogP contribution in [0.4, 0.5) is 0 Å². The summed E-state index contributed by atoms with van der Waals surface area (Å²) in [5, 5.41) is 35.6. The molecule has 1 aliphatic carbocycles. The van der Waals surface area contributed by atoms with Gasteiger partial charge in [-0.1, -0.05) is 106 Å². The molecule has 3 aromatic carbocycles. The number of likely N-dealkylation sites (tertiary alicyclic amines) is 1. The number of phenolic OH excluding ortho intramolecular Hbond substituents is 1. The van der Waals surface area contributed by atoms with Gasteiger partial charge in [0.25, 0.3) is 8.32 Å². The zero-order valence-electron chi connectivity index (χ0n) is 32.0. The molecule has 4 aromatic rings. The van der Waals surface area contributed by atoms with Gasteiger partial charge in [-0.25, -0.2) is 0 Å². The average Bonchev–Trinajstić information content (AvgIpc) is 3.41. The summed E-state index contributed by atoms with van der Waals surface area (Å²) < 4.78 is 7.38. The van der Waals surface area contributed by atoms with E-state index in [-0.39, 0.29) is 42.1 Å². The molecule has 1 aromatic heterocycles. The lowest BCUT2D eigenvalue weighted by Gasteiger charge is -2.44. The SMILES string of the molecule is CCCN1C(=O)[C@@H]2[C@@H](CC(CO[Si](c3ccccc3)(c3ccccc3)C(C)(C)C)=C([C@H](O)CC/C(=C/c3ccc(O)cc3Cl)c3ccccn3)[C@@H]2CO)C1=O. The molecule has 4 atom stereocenters. The van der Waals surface area contributed by atoms with Crippen LogP contribution in [0.5, 0.6) is 5.75 Å². The molecule has 2 aliphatic rings. The fourth-order valence-corrected chi connectivity index (χ4v) is 13.4. The Balaban J connectivity index is 1.43. The summed E-state index contributed by atoms with van der Waals surface area (Å²) in [5.74, 6) is -2.64. The minimum atomic E-state index is -3.04. The number of carbonyl (C=O) groups is 2. The third-order valence-electron chi connectivity index (χ3n) is 11.2. The molecule has 55 heavy (non-hydrogen) atoms. The maximum Gasteiger partial charge on any atom is 0.261 e. The highest BCUT2D eigenvalue weighted by Gasteiger charge is 2.56. The number of hydrogen-bond acceptors (Lipinski definition) is 7. The highest BCUT2D eigenvalue weighted by Crippen LogP contribution is 2.47. The van der Waals surface area contributed by atoms with Crippen LogP contribution in [0.1, 0.15) is 64.6 Å². The molecular formula is C45H51ClN2O6Si. The smallest absolute Gasteiger partial charge is 0.261 e. The molecule has 10 heteroatoms. The van der Waals surface area contributed by atoms with Crippen molar-refractivity contribution in [1.29, 1.82) is 0 Å². The van der Waals surface area contributed by atoms with Crippen LogP contribution in [0.15, 0.2) is 114 Å². The van der Waals surface area contributed by atoms with Gasteiger partial charge in [-0.3, -0.25) is 19.5 Å². The number of fused-ring (bicyclic) bond motifs is 1. The summed E-state index contributed by atoms with van der Waals surface area (Å²) in [7, 11) is -3.04. The van der Waals surface area contributed by atoms with E-state index in [1.165, 1.54) is 11.0 Å². The monoisotopic (exact) mass is 778 g/mol. The number of aliphatic hydroxyl groups excluding tert-OH is 2. The molecule has 0 unspecified atom stereocenters. The molecule has 0 bridgehead atoms. The number of allylic oxidation sites excluding steroid dienone is 1. The van der Waals surface area contributed by atoms with E-state index in [9.17, 15) is 24.9 Å². The molecule has 0 radical (unpaired) electrons. The molecule has 1 saturated heterocycles. The standard InChI is InChI=1S/C45H51ClN2O6Si/c1-5-24-48-43(52)36-26-32(29-54-55(45(2,3)4,34-14-8-6-9-15-34)35-16-10-7-11-17-35)41(37(28-49)42(36)44(48)53)40(51)22-20-31(39-18-12-13-23-47-39)25-30-19-21-33(50)27-38(30)46/h6-19,21,23,25,27,36-37,40,42,49-51H,5,20,22,24,26,28-29H2,1-4H3/b31-25-/t36-,37+,40-,42-/m1/s1. The lowest BCUT2D eigenvalue weighted by atomic mass is 9.68. The van der Waals surface area contributed by atoms with Crippen molar-refractivity contribution in [2.24, 2.45) is 17.8 Å². The molecule has 2 amide bonds. The number of aliphatic hydroxyl groups is 2. The maximum atomic E-state index is 13.9. The molecule has 288 valence electrons. The van der Waals surface area contributed by atoms with Crippen LogP contribution in [0.2, 0.25) is 10.1 Å². The Labute approximate surface area is 330 Å². The number of carbonyl (C=O) groups excluding carboxylic acids is 2. The maximum absolute atomic E-state index is 13.9. The van der Waals surface area contributed by atoms with Crippen LogP contribution in [-0.2, 0) is 14.0 Å². The Kier molecular flexibility index (Phi) is 12.6. The molecule has 1 aliphatic heterocycles. The molecule has 1 fully saturated rings. The number of aromatic hydroxyl groups is 1. The second-order valence-electron chi connectivity index (χ2n) is 15.6. The van der Waals surface area contributed by atoms with Crippen molar-refractivity contribution in [3.8, 4) is 5.75 Å². The van der Waals surface area contributed by atoms with Crippen LogP contribution >= 0.6 is 11.6 Å². The van der Waals surface area contributed by atoms with Gasteiger partial charge in [-0.05, 0) is 99.8 Å². The number of hydrogen-bond donors (Lipinski definition) is 3. The minimum absolute atomic E-state index is 0.0554. The largest absolute Gasteiger partial charge is 0.508 e. The van der Waals surface area contributed by atoms with E-state index in [1.54, 1.807) is 18.3 Å². The van der Waals surface area contributed by atoms with Crippen LogP contribution in [-0.4, -0.2) is 71.2 Å². The number of aromatic nitrogens is 1. The van der Waals surface area contributed by atoms with Gasteiger partial charge in [-0.15, -0.1) is 0 Å². The van der Waals surface area contributed by atoms with Crippen molar-refractivity contribution in [2.75, 3.05) is 19.8 Å². The van der Waals surface area contributed by atoms with Gasteiger partial charge < -0.3 is 19.7 Å². The van der Waals surface area contributed by atoms with E-state index in [1.807, 2.05) is 67.6 Å². The third-order valence-corrected chi connectivity index (χ3v) is 16.5. The Morgan fingerprint density at radius 1 is 0.982 bits per heavy atom. The molecule has 6 rings (SSSR count). The van der Waals surface area contributed by atoms with Crippen molar-refractivity contribution < 1.29 is 29.3 Å². The topological polar surface area (TPSA) is 120 Å². The van der Waals surface area contributed by atoms with Gasteiger partial charge in [0.15, 0.2) is 0 Å². The van der Waals surface area contributed by atoms with Crippen LogP contribution in [0, 0.1) is 17.8 Å². The second kappa shape index (κ2) is 17.2. The molecule has 8 nitrogen and oxygen atoms in total. The van der Waals surface area contributed by atoms with E-state index in [0.29, 0.717) is 41.2 Å². The highest BCUT2D eigenvalue weighted by molar-refractivity contribution is 6.99. The fraction of sp³-hybridized carbons (Fsp3) is 0.356. The molecule has 2 heterocycles. The predicted octanol–water partition coefficient (Wildman–Crippen LogP) is 7.02. The van der Waals surface area contributed by atoms with Crippen molar-refractivity contribution in [1.82, 2.24) is 9.88 Å². The van der Waals surface area contributed by atoms with E-state index in [2.05, 4.69) is 50.0 Å². The first kappa shape index (κ1) is 40.3. The normalized spacial score (nSPS) is 19.9. The van der Waals surface area contributed by atoms with Crippen molar-refractivity contribution in [3.63, 3.8) is 0 Å². The van der Waals surface area contributed by atoms with Crippen LogP contribution in [0.25, 0.3) is 11.6 Å². The van der Waals surface area contributed by atoms with Gasteiger partial charge in [0, 0.05) is 18.7 Å². The van der Waals surface area contributed by atoms with Crippen LogP contribution < -0.4 is 10.4 Å². The molecule has 0 spiro atoms. The number of nitrogens with zero attached hydrogens (tertiary/aromatic N) is 2. The fourth-order valence-electron chi connectivity index (χ4n) is 8.65. The second-order valence-corrected chi connectivity index (χ2v) is 20.3. The van der Waals surface area contributed by atoms with Crippen molar-refractivity contribution >= 4 is 53.8 Å². The number of phenols is 1. The van der Waals surface area contributed by atoms with Gasteiger partial charge in [0.05, 0.1) is 41.9 Å². The number of imide groups is 1. The summed E-state index contributed by atoms with van der Waals surface area (Å²) in [6, 6.07) is 31.0. The summed E-state index contributed by atoms with van der Waals surface area (Å²) in [6.07, 6.45) is 4.04. The van der Waals surface area contributed by atoms with Gasteiger partial charge in [0.2, 0.25) is 11.8 Å². The Bertz CT molecular complexity index is 1990. The van der Waals surface area contributed by atoms with Crippen molar-refractivity contribution in [2.45, 2.75) is 64.5 Å². The zero-order valence-corrected chi connectivity index (χ0v) is 33.7. The Morgan fingerprint density at radius 2 is 1.64 bits per heavy atom. The average molecular weight is 779 g/mol. The quantitative estimate of drug-likeness (QED) is 0.0716. The zero-order chi connectivity index (χ0) is 39.3. The van der Waals surface area contributed by atoms with Gasteiger partial charge in [-0.2, -0.15) is 0 Å². The number of amides is 2. The first-order valence-corrected chi connectivity index (χ1v) is 21.4. The van der Waals surface area contributed by atoms with Crippen molar-refractivity contribution in [3.05, 3.63) is 131 Å².